The molecular formula is C23H20FN3O. The summed E-state index contributed by atoms with van der Waals surface area (Å²) in [4.78, 5) is 12.9. The fraction of sp³-hybridized carbons (Fsp3) is 0.130. The van der Waals surface area contributed by atoms with Crippen molar-refractivity contribution in [3.05, 3.63) is 89.0 Å². The molecule has 0 atom stereocenters. The van der Waals surface area contributed by atoms with Crippen LogP contribution in [0, 0.1) is 19.7 Å². The molecule has 0 aliphatic carbocycles. The van der Waals surface area contributed by atoms with E-state index in [-0.39, 0.29) is 11.7 Å². The lowest BCUT2D eigenvalue weighted by Crippen LogP contribution is -2.21. The summed E-state index contributed by atoms with van der Waals surface area (Å²) in [6, 6.07) is 17.8. The van der Waals surface area contributed by atoms with Crippen molar-refractivity contribution in [1.82, 2.24) is 4.57 Å². The highest BCUT2D eigenvalue weighted by molar-refractivity contribution is 6.32. The van der Waals surface area contributed by atoms with Crippen LogP contribution >= 0.6 is 0 Å². The first-order valence-corrected chi connectivity index (χ1v) is 9.07. The van der Waals surface area contributed by atoms with Crippen molar-refractivity contribution in [1.29, 1.82) is 0 Å². The van der Waals surface area contributed by atoms with Gasteiger partial charge in [-0.2, -0.15) is 10.1 Å². The summed E-state index contributed by atoms with van der Waals surface area (Å²) in [5.41, 5.74) is 5.54. The fourth-order valence-corrected chi connectivity index (χ4v) is 3.53. The van der Waals surface area contributed by atoms with Gasteiger partial charge in [0.05, 0.1) is 17.0 Å². The summed E-state index contributed by atoms with van der Waals surface area (Å²) in [7, 11) is 0. The number of hydrazone groups is 1. The Balaban J connectivity index is 1.73. The Hall–Kier alpha value is -3.47. The first-order chi connectivity index (χ1) is 13.5. The predicted molar refractivity (Wildman–Crippen MR) is 110 cm³/mol. The van der Waals surface area contributed by atoms with Crippen molar-refractivity contribution in [2.75, 3.05) is 5.01 Å². The fourth-order valence-electron chi connectivity index (χ4n) is 3.53. The SMILES string of the molecule is CC1=NN(c2ccccc2)C(=O)/C1=C\c1cc(C)n(-c2cccc(F)c2)c1C. The first kappa shape index (κ1) is 17.9. The summed E-state index contributed by atoms with van der Waals surface area (Å²) < 4.78 is 15.6. The predicted octanol–water partition coefficient (Wildman–Crippen LogP) is 5.04. The van der Waals surface area contributed by atoms with E-state index in [1.54, 1.807) is 6.07 Å². The third kappa shape index (κ3) is 3.05. The number of rotatable bonds is 3. The molecule has 0 bridgehead atoms. The highest BCUT2D eigenvalue weighted by Crippen LogP contribution is 2.27. The van der Waals surface area contributed by atoms with Gasteiger partial charge in [-0.15, -0.1) is 0 Å². The van der Waals surface area contributed by atoms with E-state index in [0.29, 0.717) is 11.3 Å². The minimum absolute atomic E-state index is 0.153. The minimum Gasteiger partial charge on any atom is -0.318 e. The molecule has 0 saturated heterocycles. The molecule has 1 aliphatic heterocycles. The quantitative estimate of drug-likeness (QED) is 0.593. The molecule has 1 amide bonds. The lowest BCUT2D eigenvalue weighted by molar-refractivity contribution is -0.114. The Labute approximate surface area is 163 Å². The molecule has 0 fully saturated rings. The van der Waals surface area contributed by atoms with Crippen LogP contribution in [0.5, 0.6) is 0 Å². The lowest BCUT2D eigenvalue weighted by Gasteiger charge is -2.11. The third-order valence-corrected chi connectivity index (χ3v) is 4.90. The number of aryl methyl sites for hydroxylation is 1. The number of halogens is 1. The van der Waals surface area contributed by atoms with Gasteiger partial charge in [0.25, 0.3) is 5.91 Å². The molecule has 5 heteroatoms. The van der Waals surface area contributed by atoms with E-state index >= 15 is 0 Å². The molecule has 1 aromatic heterocycles. The number of aromatic nitrogens is 1. The Morgan fingerprint density at radius 1 is 0.929 bits per heavy atom. The number of amides is 1. The Kier molecular flexibility index (Phi) is 4.43. The second-order valence-electron chi connectivity index (χ2n) is 6.84. The second-order valence-corrected chi connectivity index (χ2v) is 6.84. The average Bonchev–Trinajstić information content (AvgIpc) is 3.12. The number of anilines is 1. The third-order valence-electron chi connectivity index (χ3n) is 4.90. The molecule has 0 radical (unpaired) electrons. The molecular weight excluding hydrogens is 353 g/mol. The number of benzene rings is 2. The van der Waals surface area contributed by atoms with E-state index in [2.05, 4.69) is 5.10 Å². The van der Waals surface area contributed by atoms with Crippen molar-refractivity contribution >= 4 is 23.4 Å². The number of para-hydroxylation sites is 1. The minimum atomic E-state index is -0.280. The molecule has 2 aromatic carbocycles. The lowest BCUT2D eigenvalue weighted by atomic mass is 10.1. The van der Waals surface area contributed by atoms with Gasteiger partial charge in [-0.05, 0) is 68.8 Å². The van der Waals surface area contributed by atoms with Gasteiger partial charge >= 0.3 is 0 Å². The summed E-state index contributed by atoms with van der Waals surface area (Å²) in [5, 5.41) is 5.85. The highest BCUT2D eigenvalue weighted by atomic mass is 19.1. The van der Waals surface area contributed by atoms with Gasteiger partial charge in [0.2, 0.25) is 0 Å². The van der Waals surface area contributed by atoms with Gasteiger partial charge in [-0.1, -0.05) is 24.3 Å². The molecule has 4 nitrogen and oxygen atoms in total. The number of carbonyl (C=O) groups excluding carboxylic acids is 1. The van der Waals surface area contributed by atoms with E-state index in [0.717, 1.165) is 28.3 Å². The zero-order valence-electron chi connectivity index (χ0n) is 16.0. The van der Waals surface area contributed by atoms with Crippen LogP contribution in [0.4, 0.5) is 10.1 Å². The van der Waals surface area contributed by atoms with Crippen molar-refractivity contribution in [3.63, 3.8) is 0 Å². The Morgan fingerprint density at radius 3 is 2.36 bits per heavy atom. The Morgan fingerprint density at radius 2 is 1.64 bits per heavy atom. The smallest absolute Gasteiger partial charge is 0.280 e. The van der Waals surface area contributed by atoms with Crippen LogP contribution in [0.1, 0.15) is 23.9 Å². The van der Waals surface area contributed by atoms with E-state index < -0.39 is 0 Å². The molecule has 140 valence electrons. The molecule has 4 rings (SSSR count). The molecule has 28 heavy (non-hydrogen) atoms. The second kappa shape index (κ2) is 6.93. The van der Waals surface area contributed by atoms with E-state index in [4.69, 9.17) is 0 Å². The maximum Gasteiger partial charge on any atom is 0.280 e. The van der Waals surface area contributed by atoms with Crippen LogP contribution in [-0.2, 0) is 4.79 Å². The van der Waals surface area contributed by atoms with Gasteiger partial charge in [0, 0.05) is 17.1 Å². The van der Waals surface area contributed by atoms with Crippen LogP contribution in [0.3, 0.4) is 0 Å². The van der Waals surface area contributed by atoms with Crippen LogP contribution < -0.4 is 5.01 Å². The number of nitrogens with zero attached hydrogens (tertiary/aromatic N) is 3. The molecule has 0 unspecified atom stereocenters. The largest absolute Gasteiger partial charge is 0.318 e. The van der Waals surface area contributed by atoms with E-state index in [1.165, 1.54) is 17.1 Å². The highest BCUT2D eigenvalue weighted by Gasteiger charge is 2.29. The monoisotopic (exact) mass is 373 g/mol. The zero-order valence-corrected chi connectivity index (χ0v) is 16.0. The van der Waals surface area contributed by atoms with Gasteiger partial charge < -0.3 is 4.57 Å². The van der Waals surface area contributed by atoms with E-state index in [1.807, 2.05) is 73.9 Å². The van der Waals surface area contributed by atoms with Crippen molar-refractivity contribution < 1.29 is 9.18 Å². The molecule has 3 aromatic rings. The van der Waals surface area contributed by atoms with Crippen LogP contribution in [-0.4, -0.2) is 16.2 Å². The van der Waals surface area contributed by atoms with Crippen molar-refractivity contribution in [2.45, 2.75) is 20.8 Å². The van der Waals surface area contributed by atoms with Crippen molar-refractivity contribution in [2.24, 2.45) is 5.10 Å². The standard InChI is InChI=1S/C23H20FN3O/c1-15-12-18(17(3)26(15)21-11-7-8-19(24)14-21)13-22-16(2)25-27(23(22)28)20-9-5-4-6-10-20/h4-14H,1-3H3/b22-13-. The summed E-state index contributed by atoms with van der Waals surface area (Å²) in [6.45, 7) is 5.76. The van der Waals surface area contributed by atoms with Gasteiger partial charge in [0.15, 0.2) is 0 Å². The summed E-state index contributed by atoms with van der Waals surface area (Å²) in [6.07, 6.45) is 1.86. The average molecular weight is 373 g/mol. The first-order valence-electron chi connectivity index (χ1n) is 9.07. The van der Waals surface area contributed by atoms with Crippen LogP contribution in [0.15, 0.2) is 71.3 Å². The molecule has 2 heterocycles. The maximum atomic E-state index is 13.7. The summed E-state index contributed by atoms with van der Waals surface area (Å²) >= 11 is 0. The number of hydrogen-bond acceptors (Lipinski definition) is 2. The topological polar surface area (TPSA) is 37.6 Å². The number of hydrogen-bond donors (Lipinski definition) is 0. The van der Waals surface area contributed by atoms with Gasteiger partial charge in [-0.25, -0.2) is 4.39 Å². The van der Waals surface area contributed by atoms with Gasteiger partial charge in [-0.3, -0.25) is 4.79 Å². The van der Waals surface area contributed by atoms with E-state index in [9.17, 15) is 9.18 Å². The normalized spacial score (nSPS) is 15.4. The van der Waals surface area contributed by atoms with Crippen LogP contribution in [0.2, 0.25) is 0 Å². The molecule has 0 N–H and O–H groups in total. The van der Waals surface area contributed by atoms with Crippen molar-refractivity contribution in [3.8, 4) is 5.69 Å². The molecule has 1 aliphatic rings. The molecule has 0 saturated carbocycles. The zero-order chi connectivity index (χ0) is 19.8. The number of carbonyl (C=O) groups is 1. The summed E-state index contributed by atoms with van der Waals surface area (Å²) in [5.74, 6) is -0.434. The molecule has 0 spiro atoms. The Bertz CT molecular complexity index is 1130. The maximum absolute atomic E-state index is 13.7. The van der Waals surface area contributed by atoms with Crippen LogP contribution in [0.25, 0.3) is 11.8 Å². The van der Waals surface area contributed by atoms with Gasteiger partial charge in [0.1, 0.15) is 5.82 Å².